The molecule has 2 heterocycles. The first kappa shape index (κ1) is 13.1. The Morgan fingerprint density at radius 2 is 2.11 bits per heavy atom. The molecule has 0 aromatic carbocycles. The monoisotopic (exact) mass is 251 g/mol. The minimum Gasteiger partial charge on any atom is -0.361 e. The molecule has 1 amide bonds. The van der Waals surface area contributed by atoms with Gasteiger partial charge >= 0.3 is 0 Å². The maximum Gasteiger partial charge on any atom is 0.227 e. The molecule has 1 aliphatic heterocycles. The Balaban J connectivity index is 1.93. The van der Waals surface area contributed by atoms with E-state index in [2.05, 4.69) is 5.16 Å². The lowest BCUT2D eigenvalue weighted by molar-refractivity contribution is -0.131. The quantitative estimate of drug-likeness (QED) is 0.871. The number of likely N-dealkylation sites (tertiary alicyclic amines) is 1. The summed E-state index contributed by atoms with van der Waals surface area (Å²) in [6.07, 6.45) is 2.43. The number of carbonyl (C=O) groups excluding carboxylic acids is 1. The number of piperidine rings is 1. The second-order valence-corrected chi connectivity index (χ2v) is 5.04. The summed E-state index contributed by atoms with van der Waals surface area (Å²) < 4.78 is 5.08. The van der Waals surface area contributed by atoms with Gasteiger partial charge in [0.15, 0.2) is 0 Å². The molecular formula is C13H21N3O2. The molecule has 0 radical (unpaired) electrons. The molecule has 0 bridgehead atoms. The number of aromatic nitrogens is 1. The van der Waals surface area contributed by atoms with Gasteiger partial charge < -0.3 is 15.2 Å². The predicted octanol–water partition coefficient (Wildman–Crippen LogP) is 1.03. The number of nitrogens with two attached hydrogens (primary N) is 1. The minimum absolute atomic E-state index is 0.167. The van der Waals surface area contributed by atoms with Crippen molar-refractivity contribution in [3.05, 3.63) is 17.0 Å². The highest BCUT2D eigenvalue weighted by molar-refractivity contribution is 5.79. The maximum atomic E-state index is 12.2. The number of carbonyl (C=O) groups is 1. The van der Waals surface area contributed by atoms with Crippen molar-refractivity contribution in [2.75, 3.05) is 19.6 Å². The van der Waals surface area contributed by atoms with Gasteiger partial charge in [-0.3, -0.25) is 4.79 Å². The average molecular weight is 251 g/mol. The third kappa shape index (κ3) is 2.72. The van der Waals surface area contributed by atoms with E-state index >= 15 is 0 Å². The van der Waals surface area contributed by atoms with Crippen molar-refractivity contribution in [3.63, 3.8) is 0 Å². The van der Waals surface area contributed by atoms with E-state index in [1.807, 2.05) is 18.7 Å². The average Bonchev–Trinajstić information content (AvgIpc) is 2.70. The summed E-state index contributed by atoms with van der Waals surface area (Å²) in [7, 11) is 0. The van der Waals surface area contributed by atoms with Crippen LogP contribution in [0.4, 0.5) is 0 Å². The summed E-state index contributed by atoms with van der Waals surface area (Å²) in [5.74, 6) is 1.49. The zero-order valence-electron chi connectivity index (χ0n) is 11.1. The molecule has 0 aliphatic carbocycles. The van der Waals surface area contributed by atoms with Gasteiger partial charge in [-0.1, -0.05) is 5.16 Å². The molecule has 5 nitrogen and oxygen atoms in total. The van der Waals surface area contributed by atoms with E-state index in [0.717, 1.165) is 49.5 Å². The first-order valence-corrected chi connectivity index (χ1v) is 6.51. The minimum atomic E-state index is 0.167. The topological polar surface area (TPSA) is 72.4 Å². The maximum absolute atomic E-state index is 12.2. The Labute approximate surface area is 107 Å². The summed E-state index contributed by atoms with van der Waals surface area (Å²) in [6, 6.07) is 0. The van der Waals surface area contributed by atoms with Crippen LogP contribution < -0.4 is 5.73 Å². The van der Waals surface area contributed by atoms with Crippen molar-refractivity contribution >= 4 is 5.91 Å². The second kappa shape index (κ2) is 5.52. The van der Waals surface area contributed by atoms with E-state index in [-0.39, 0.29) is 5.91 Å². The highest BCUT2D eigenvalue weighted by Gasteiger charge is 2.23. The Hall–Kier alpha value is -1.36. The summed E-state index contributed by atoms with van der Waals surface area (Å²) in [4.78, 5) is 14.1. The second-order valence-electron chi connectivity index (χ2n) is 5.04. The van der Waals surface area contributed by atoms with Gasteiger partial charge in [-0.05, 0) is 39.2 Å². The highest BCUT2D eigenvalue weighted by Crippen LogP contribution is 2.19. The summed E-state index contributed by atoms with van der Waals surface area (Å²) >= 11 is 0. The van der Waals surface area contributed by atoms with Crippen LogP contribution in [0.3, 0.4) is 0 Å². The van der Waals surface area contributed by atoms with Crippen LogP contribution in [0.1, 0.15) is 29.9 Å². The van der Waals surface area contributed by atoms with Crippen LogP contribution in [-0.2, 0) is 11.2 Å². The van der Waals surface area contributed by atoms with Gasteiger partial charge in [0.25, 0.3) is 0 Å². The van der Waals surface area contributed by atoms with E-state index in [0.29, 0.717) is 12.3 Å². The molecule has 2 rings (SSSR count). The van der Waals surface area contributed by atoms with Crippen molar-refractivity contribution in [1.82, 2.24) is 10.1 Å². The predicted molar refractivity (Wildman–Crippen MR) is 68.0 cm³/mol. The summed E-state index contributed by atoms with van der Waals surface area (Å²) in [5.41, 5.74) is 7.40. The van der Waals surface area contributed by atoms with Crippen LogP contribution in [0.5, 0.6) is 0 Å². The van der Waals surface area contributed by atoms with Crippen LogP contribution in [0.15, 0.2) is 4.52 Å². The molecule has 1 fully saturated rings. The van der Waals surface area contributed by atoms with E-state index in [4.69, 9.17) is 10.3 Å². The molecule has 0 saturated carbocycles. The lowest BCUT2D eigenvalue weighted by atomic mass is 9.96. The van der Waals surface area contributed by atoms with Crippen molar-refractivity contribution in [3.8, 4) is 0 Å². The molecule has 5 heteroatoms. The van der Waals surface area contributed by atoms with Gasteiger partial charge in [0.2, 0.25) is 5.91 Å². The number of nitrogens with zero attached hydrogens (tertiary/aromatic N) is 2. The molecule has 1 aliphatic rings. The molecule has 0 atom stereocenters. The smallest absolute Gasteiger partial charge is 0.227 e. The number of rotatable bonds is 3. The number of hydrogen-bond donors (Lipinski definition) is 1. The fourth-order valence-electron chi connectivity index (χ4n) is 2.44. The lowest BCUT2D eigenvalue weighted by Gasteiger charge is -2.31. The molecule has 0 unspecified atom stereocenters. The van der Waals surface area contributed by atoms with Crippen molar-refractivity contribution in [2.24, 2.45) is 11.7 Å². The zero-order chi connectivity index (χ0) is 13.1. The van der Waals surface area contributed by atoms with Gasteiger partial charge in [0.05, 0.1) is 12.1 Å². The lowest BCUT2D eigenvalue weighted by Crippen LogP contribution is -2.40. The SMILES string of the molecule is Cc1noc(C)c1CC(=O)N1CCC(CN)CC1. The van der Waals surface area contributed by atoms with Gasteiger partial charge in [-0.2, -0.15) is 0 Å². The Morgan fingerprint density at radius 1 is 1.44 bits per heavy atom. The van der Waals surface area contributed by atoms with Gasteiger partial charge in [-0.15, -0.1) is 0 Å². The van der Waals surface area contributed by atoms with Gasteiger partial charge in [0, 0.05) is 18.7 Å². The fraction of sp³-hybridized carbons (Fsp3) is 0.692. The molecule has 1 aromatic rings. The van der Waals surface area contributed by atoms with E-state index < -0.39 is 0 Å². The summed E-state index contributed by atoms with van der Waals surface area (Å²) in [5, 5.41) is 3.88. The normalized spacial score (nSPS) is 17.2. The van der Waals surface area contributed by atoms with Crippen LogP contribution in [0.25, 0.3) is 0 Å². The first-order valence-electron chi connectivity index (χ1n) is 6.51. The number of hydrogen-bond acceptors (Lipinski definition) is 4. The van der Waals surface area contributed by atoms with E-state index in [9.17, 15) is 4.79 Å². The van der Waals surface area contributed by atoms with Gasteiger partial charge in [-0.25, -0.2) is 0 Å². The largest absolute Gasteiger partial charge is 0.361 e. The molecule has 0 spiro atoms. The van der Waals surface area contributed by atoms with Crippen LogP contribution in [-0.4, -0.2) is 35.6 Å². The fourth-order valence-corrected chi connectivity index (χ4v) is 2.44. The van der Waals surface area contributed by atoms with Crippen LogP contribution >= 0.6 is 0 Å². The number of amides is 1. The third-order valence-electron chi connectivity index (χ3n) is 3.81. The molecule has 2 N–H and O–H groups in total. The number of aryl methyl sites for hydroxylation is 2. The first-order chi connectivity index (χ1) is 8.61. The summed E-state index contributed by atoms with van der Waals surface area (Å²) in [6.45, 7) is 6.10. The van der Waals surface area contributed by atoms with Crippen LogP contribution in [0, 0.1) is 19.8 Å². The van der Waals surface area contributed by atoms with Crippen molar-refractivity contribution in [2.45, 2.75) is 33.1 Å². The molecule has 1 aromatic heterocycles. The van der Waals surface area contributed by atoms with Crippen molar-refractivity contribution < 1.29 is 9.32 Å². The Bertz CT molecular complexity index is 400. The Morgan fingerprint density at radius 3 is 2.61 bits per heavy atom. The standard InChI is InChI=1S/C13H21N3O2/c1-9-12(10(2)18-15-9)7-13(17)16-5-3-11(8-14)4-6-16/h11H,3-8,14H2,1-2H3. The van der Waals surface area contributed by atoms with E-state index in [1.54, 1.807) is 0 Å². The molecule has 18 heavy (non-hydrogen) atoms. The molecule has 100 valence electrons. The zero-order valence-corrected chi connectivity index (χ0v) is 11.1. The van der Waals surface area contributed by atoms with E-state index in [1.165, 1.54) is 0 Å². The Kier molecular flexibility index (Phi) is 4.01. The molecule has 1 saturated heterocycles. The van der Waals surface area contributed by atoms with Gasteiger partial charge in [0.1, 0.15) is 5.76 Å². The highest BCUT2D eigenvalue weighted by atomic mass is 16.5. The third-order valence-corrected chi connectivity index (χ3v) is 3.81. The van der Waals surface area contributed by atoms with Crippen LogP contribution in [0.2, 0.25) is 0 Å². The van der Waals surface area contributed by atoms with Crippen molar-refractivity contribution in [1.29, 1.82) is 0 Å². The molecular weight excluding hydrogens is 230 g/mol.